The highest BCUT2D eigenvalue weighted by molar-refractivity contribution is 7.99. The zero-order valence-corrected chi connectivity index (χ0v) is 12.3. The molecular formula is C13H22N2O2S. The Balaban J connectivity index is 2.73. The van der Waals surface area contributed by atoms with Crippen molar-refractivity contribution in [3.63, 3.8) is 0 Å². The first-order chi connectivity index (χ1) is 8.41. The van der Waals surface area contributed by atoms with E-state index in [1.165, 1.54) is 18.2 Å². The molecule has 0 aliphatic heterocycles. The first kappa shape index (κ1) is 15.1. The lowest BCUT2D eigenvalue weighted by atomic mass is 10.0. The lowest BCUT2D eigenvalue weighted by Gasteiger charge is -2.18. The number of thioether (sulfide) groups is 1. The molecule has 0 bridgehead atoms. The van der Waals surface area contributed by atoms with Crippen molar-refractivity contribution < 1.29 is 9.90 Å². The van der Waals surface area contributed by atoms with Gasteiger partial charge in [-0.05, 0) is 32.6 Å². The minimum atomic E-state index is -0.804. The van der Waals surface area contributed by atoms with Crippen molar-refractivity contribution in [1.29, 1.82) is 0 Å². The summed E-state index contributed by atoms with van der Waals surface area (Å²) >= 11 is 1.29. The van der Waals surface area contributed by atoms with Gasteiger partial charge in [0, 0.05) is 17.9 Å². The average Bonchev–Trinajstić information content (AvgIpc) is 2.64. The minimum absolute atomic E-state index is 0.0629. The van der Waals surface area contributed by atoms with Crippen LogP contribution < -0.4 is 0 Å². The van der Waals surface area contributed by atoms with E-state index < -0.39 is 5.97 Å². The Morgan fingerprint density at radius 2 is 2.11 bits per heavy atom. The van der Waals surface area contributed by atoms with Crippen LogP contribution in [0.4, 0.5) is 0 Å². The summed E-state index contributed by atoms with van der Waals surface area (Å²) in [4.78, 5) is 14.9. The third-order valence-corrected chi connectivity index (χ3v) is 3.83. The van der Waals surface area contributed by atoms with Crippen molar-refractivity contribution in [3.05, 3.63) is 11.9 Å². The first-order valence-corrected chi connectivity index (χ1v) is 7.28. The average molecular weight is 270 g/mol. The summed E-state index contributed by atoms with van der Waals surface area (Å²) in [6.45, 7) is 8.62. The van der Waals surface area contributed by atoms with Gasteiger partial charge in [0.25, 0.3) is 0 Å². The first-order valence-electron chi connectivity index (χ1n) is 6.30. The third-order valence-electron chi connectivity index (χ3n) is 2.88. The minimum Gasteiger partial charge on any atom is -0.481 e. The van der Waals surface area contributed by atoms with Crippen LogP contribution in [0, 0.1) is 12.8 Å². The van der Waals surface area contributed by atoms with E-state index in [-0.39, 0.29) is 5.75 Å². The number of rotatable bonds is 7. The molecular weight excluding hydrogens is 248 g/mol. The van der Waals surface area contributed by atoms with Crippen LogP contribution in [-0.2, 0) is 4.79 Å². The molecule has 5 heteroatoms. The zero-order valence-electron chi connectivity index (χ0n) is 11.5. The Morgan fingerprint density at radius 1 is 1.44 bits per heavy atom. The lowest BCUT2D eigenvalue weighted by molar-refractivity contribution is -0.133. The zero-order chi connectivity index (χ0) is 13.7. The van der Waals surface area contributed by atoms with Crippen LogP contribution in [0.2, 0.25) is 0 Å². The molecule has 4 nitrogen and oxygen atoms in total. The molecule has 1 unspecified atom stereocenters. The van der Waals surface area contributed by atoms with E-state index in [0.717, 1.165) is 17.3 Å². The summed E-state index contributed by atoms with van der Waals surface area (Å²) in [6.07, 6.45) is 4.08. The van der Waals surface area contributed by atoms with Gasteiger partial charge in [0.05, 0.1) is 5.75 Å². The van der Waals surface area contributed by atoms with E-state index in [1.807, 2.05) is 13.1 Å². The second-order valence-electron chi connectivity index (χ2n) is 5.05. The SMILES string of the molecule is Cc1cnc(SCC(=O)O)n1C(C)CCC(C)C. The van der Waals surface area contributed by atoms with Crippen LogP contribution >= 0.6 is 11.8 Å². The summed E-state index contributed by atoms with van der Waals surface area (Å²) < 4.78 is 2.15. The molecule has 0 aliphatic carbocycles. The second-order valence-corrected chi connectivity index (χ2v) is 6.00. The van der Waals surface area contributed by atoms with Crippen LogP contribution in [0.3, 0.4) is 0 Å². The van der Waals surface area contributed by atoms with Gasteiger partial charge in [-0.1, -0.05) is 25.6 Å². The number of imidazole rings is 1. The molecule has 0 radical (unpaired) electrons. The van der Waals surface area contributed by atoms with Crippen LogP contribution in [0.15, 0.2) is 11.4 Å². The van der Waals surface area contributed by atoms with Crippen LogP contribution in [0.25, 0.3) is 0 Å². The summed E-state index contributed by atoms with van der Waals surface area (Å²) in [6, 6.07) is 0.367. The fraction of sp³-hybridized carbons (Fsp3) is 0.692. The monoisotopic (exact) mass is 270 g/mol. The van der Waals surface area contributed by atoms with Crippen molar-refractivity contribution in [1.82, 2.24) is 9.55 Å². The Labute approximate surface area is 113 Å². The number of nitrogens with zero attached hydrogens (tertiary/aromatic N) is 2. The smallest absolute Gasteiger partial charge is 0.313 e. The Hall–Kier alpha value is -0.970. The number of carboxylic acids is 1. The molecule has 1 N–H and O–H groups in total. The fourth-order valence-electron chi connectivity index (χ4n) is 1.90. The third kappa shape index (κ3) is 4.37. The lowest BCUT2D eigenvalue weighted by Crippen LogP contribution is -2.10. The number of aromatic nitrogens is 2. The highest BCUT2D eigenvalue weighted by atomic mass is 32.2. The van der Waals surface area contributed by atoms with E-state index >= 15 is 0 Å². The molecule has 1 rings (SSSR count). The summed E-state index contributed by atoms with van der Waals surface area (Å²) in [7, 11) is 0. The maximum absolute atomic E-state index is 10.6. The molecule has 0 aliphatic rings. The van der Waals surface area contributed by atoms with Gasteiger partial charge in [0.2, 0.25) is 0 Å². The molecule has 1 aromatic heterocycles. The molecule has 0 saturated carbocycles. The molecule has 0 amide bonds. The number of hydrogen-bond donors (Lipinski definition) is 1. The number of carbonyl (C=O) groups is 1. The van der Waals surface area contributed by atoms with Crippen LogP contribution in [-0.4, -0.2) is 26.4 Å². The van der Waals surface area contributed by atoms with Gasteiger partial charge < -0.3 is 9.67 Å². The summed E-state index contributed by atoms with van der Waals surface area (Å²) in [5, 5.41) is 9.54. The maximum atomic E-state index is 10.6. The summed E-state index contributed by atoms with van der Waals surface area (Å²) in [5.74, 6) is -0.0543. The van der Waals surface area contributed by atoms with E-state index in [1.54, 1.807) is 0 Å². The van der Waals surface area contributed by atoms with Gasteiger partial charge >= 0.3 is 5.97 Å². The Kier molecular flexibility index (Phi) is 5.72. The predicted molar refractivity (Wildman–Crippen MR) is 74.1 cm³/mol. The highest BCUT2D eigenvalue weighted by Crippen LogP contribution is 2.26. The van der Waals surface area contributed by atoms with Crippen molar-refractivity contribution in [2.75, 3.05) is 5.75 Å². The van der Waals surface area contributed by atoms with Gasteiger partial charge in [0.15, 0.2) is 5.16 Å². The van der Waals surface area contributed by atoms with Gasteiger partial charge in [0.1, 0.15) is 0 Å². The van der Waals surface area contributed by atoms with Crippen LogP contribution in [0.5, 0.6) is 0 Å². The molecule has 0 spiro atoms. The topological polar surface area (TPSA) is 55.1 Å². The molecule has 1 heterocycles. The van der Waals surface area contributed by atoms with Gasteiger partial charge in [-0.3, -0.25) is 4.79 Å². The Bertz CT molecular complexity index is 402. The Morgan fingerprint density at radius 3 is 2.67 bits per heavy atom. The molecule has 1 atom stereocenters. The van der Waals surface area contributed by atoms with Crippen molar-refractivity contribution in [3.8, 4) is 0 Å². The van der Waals surface area contributed by atoms with E-state index in [4.69, 9.17) is 5.11 Å². The summed E-state index contributed by atoms with van der Waals surface area (Å²) in [5.41, 5.74) is 1.10. The number of carboxylic acid groups (broad SMARTS) is 1. The number of aliphatic carboxylic acids is 1. The normalized spacial score (nSPS) is 12.9. The molecule has 0 aromatic carbocycles. The number of aryl methyl sites for hydroxylation is 1. The molecule has 0 fully saturated rings. The van der Waals surface area contributed by atoms with E-state index in [2.05, 4.69) is 30.3 Å². The predicted octanol–water partition coefficient (Wildman–Crippen LogP) is 3.37. The van der Waals surface area contributed by atoms with Crippen LogP contribution in [0.1, 0.15) is 45.3 Å². The molecule has 1 aromatic rings. The number of hydrogen-bond acceptors (Lipinski definition) is 3. The van der Waals surface area contributed by atoms with Crippen molar-refractivity contribution >= 4 is 17.7 Å². The van der Waals surface area contributed by atoms with Crippen molar-refractivity contribution in [2.45, 2.75) is 51.7 Å². The molecule has 102 valence electrons. The largest absolute Gasteiger partial charge is 0.481 e. The van der Waals surface area contributed by atoms with Crippen molar-refractivity contribution in [2.24, 2.45) is 5.92 Å². The highest BCUT2D eigenvalue weighted by Gasteiger charge is 2.15. The van der Waals surface area contributed by atoms with Gasteiger partial charge in [-0.25, -0.2) is 4.98 Å². The molecule has 18 heavy (non-hydrogen) atoms. The van der Waals surface area contributed by atoms with E-state index in [9.17, 15) is 4.79 Å². The van der Waals surface area contributed by atoms with E-state index in [0.29, 0.717) is 12.0 Å². The van der Waals surface area contributed by atoms with Gasteiger partial charge in [-0.2, -0.15) is 0 Å². The second kappa shape index (κ2) is 6.83. The quantitative estimate of drug-likeness (QED) is 0.772. The standard InChI is InChI=1S/C13H22N2O2S/c1-9(2)5-6-10(3)15-11(4)7-14-13(15)18-8-12(16)17/h7,9-10H,5-6,8H2,1-4H3,(H,16,17). The molecule has 0 saturated heterocycles. The van der Waals surface area contributed by atoms with Gasteiger partial charge in [-0.15, -0.1) is 0 Å². The fourth-order valence-corrected chi connectivity index (χ4v) is 2.74. The maximum Gasteiger partial charge on any atom is 0.313 e.